The molecular formula is C14H13ClN2O2. The fourth-order valence-corrected chi connectivity index (χ4v) is 1.80. The van der Waals surface area contributed by atoms with E-state index in [1.54, 1.807) is 48.5 Å². The van der Waals surface area contributed by atoms with Gasteiger partial charge in [-0.1, -0.05) is 41.9 Å². The van der Waals surface area contributed by atoms with E-state index in [9.17, 15) is 9.90 Å². The molecule has 0 spiro atoms. The molecule has 0 aliphatic heterocycles. The van der Waals surface area contributed by atoms with Crippen molar-refractivity contribution in [3.05, 3.63) is 59.1 Å². The van der Waals surface area contributed by atoms with Crippen LogP contribution in [0.4, 0.5) is 16.2 Å². The predicted molar refractivity (Wildman–Crippen MR) is 76.5 cm³/mol. The standard InChI is InChI=1S/C14H13ClN2O2/c15-11-6-2-4-8-13(11)17-14(19)16-12-7-3-1-5-10(12)9-18/h1-8,18H,9H2,(H2,16,17,19). The number of carbonyl (C=O) groups excluding carboxylic acids is 1. The van der Waals surface area contributed by atoms with E-state index in [4.69, 9.17) is 11.6 Å². The van der Waals surface area contributed by atoms with Crippen molar-refractivity contribution < 1.29 is 9.90 Å². The van der Waals surface area contributed by atoms with E-state index < -0.39 is 6.03 Å². The summed E-state index contributed by atoms with van der Waals surface area (Å²) in [6.07, 6.45) is 0. The zero-order valence-corrected chi connectivity index (χ0v) is 10.8. The molecule has 19 heavy (non-hydrogen) atoms. The normalized spacial score (nSPS) is 10.0. The molecule has 98 valence electrons. The summed E-state index contributed by atoms with van der Waals surface area (Å²) in [5.74, 6) is 0. The maximum atomic E-state index is 11.8. The molecule has 0 saturated heterocycles. The monoisotopic (exact) mass is 276 g/mol. The van der Waals surface area contributed by atoms with E-state index in [0.717, 1.165) is 0 Å². The Hall–Kier alpha value is -2.04. The van der Waals surface area contributed by atoms with E-state index in [1.165, 1.54) is 0 Å². The summed E-state index contributed by atoms with van der Waals surface area (Å²) in [5, 5.41) is 15.0. The summed E-state index contributed by atoms with van der Waals surface area (Å²) in [6, 6.07) is 13.6. The van der Waals surface area contributed by atoms with E-state index >= 15 is 0 Å². The van der Waals surface area contributed by atoms with Gasteiger partial charge in [-0.2, -0.15) is 0 Å². The highest BCUT2D eigenvalue weighted by Crippen LogP contribution is 2.21. The van der Waals surface area contributed by atoms with Crippen LogP contribution in [0.1, 0.15) is 5.56 Å². The molecule has 0 radical (unpaired) electrons. The van der Waals surface area contributed by atoms with Crippen molar-refractivity contribution >= 4 is 29.0 Å². The van der Waals surface area contributed by atoms with E-state index in [-0.39, 0.29) is 6.61 Å². The Morgan fingerprint density at radius 3 is 2.26 bits per heavy atom. The number of hydrogen-bond donors (Lipinski definition) is 3. The first kappa shape index (κ1) is 13.4. The van der Waals surface area contributed by atoms with Crippen molar-refractivity contribution in [3.8, 4) is 0 Å². The zero-order valence-electron chi connectivity index (χ0n) is 10.1. The van der Waals surface area contributed by atoms with Crippen LogP contribution in [-0.4, -0.2) is 11.1 Å². The first-order valence-electron chi connectivity index (χ1n) is 5.72. The minimum absolute atomic E-state index is 0.136. The Balaban J connectivity index is 2.08. The van der Waals surface area contributed by atoms with Crippen LogP contribution in [-0.2, 0) is 6.61 Å². The van der Waals surface area contributed by atoms with Gasteiger partial charge in [-0.15, -0.1) is 0 Å². The molecule has 0 atom stereocenters. The molecule has 2 aromatic rings. The maximum absolute atomic E-state index is 11.8. The highest BCUT2D eigenvalue weighted by molar-refractivity contribution is 6.33. The summed E-state index contributed by atoms with van der Waals surface area (Å²) in [4.78, 5) is 11.8. The molecule has 4 nitrogen and oxygen atoms in total. The van der Waals surface area contributed by atoms with Crippen LogP contribution in [0.3, 0.4) is 0 Å². The van der Waals surface area contributed by atoms with Crippen molar-refractivity contribution in [2.45, 2.75) is 6.61 Å². The van der Waals surface area contributed by atoms with Crippen LogP contribution in [0.25, 0.3) is 0 Å². The first-order valence-corrected chi connectivity index (χ1v) is 6.10. The number of rotatable bonds is 3. The highest BCUT2D eigenvalue weighted by atomic mass is 35.5. The molecule has 0 aliphatic carbocycles. The fraction of sp³-hybridized carbons (Fsp3) is 0.0714. The van der Waals surface area contributed by atoms with E-state index in [0.29, 0.717) is 22.0 Å². The molecule has 0 fully saturated rings. The summed E-state index contributed by atoms with van der Waals surface area (Å²) >= 11 is 5.95. The third-order valence-electron chi connectivity index (χ3n) is 2.56. The zero-order chi connectivity index (χ0) is 13.7. The molecule has 0 bridgehead atoms. The molecule has 0 unspecified atom stereocenters. The molecule has 0 aromatic heterocycles. The SMILES string of the molecule is O=C(Nc1ccccc1Cl)Nc1ccccc1CO. The van der Waals surface area contributed by atoms with Gasteiger partial charge < -0.3 is 15.7 Å². The fourth-order valence-electron chi connectivity index (χ4n) is 1.62. The lowest BCUT2D eigenvalue weighted by atomic mass is 10.2. The quantitative estimate of drug-likeness (QED) is 0.804. The van der Waals surface area contributed by atoms with Crippen molar-refractivity contribution in [1.82, 2.24) is 0 Å². The number of carbonyl (C=O) groups is 1. The number of aliphatic hydroxyl groups excluding tert-OH is 1. The number of aliphatic hydroxyl groups is 1. The summed E-state index contributed by atoms with van der Waals surface area (Å²) in [5.41, 5.74) is 1.74. The Kier molecular flexibility index (Phi) is 4.39. The third-order valence-corrected chi connectivity index (χ3v) is 2.89. The van der Waals surface area contributed by atoms with Crippen molar-refractivity contribution in [1.29, 1.82) is 0 Å². The van der Waals surface area contributed by atoms with Gasteiger partial charge in [0.1, 0.15) is 0 Å². The lowest BCUT2D eigenvalue weighted by Crippen LogP contribution is -2.20. The number of urea groups is 1. The second-order valence-corrected chi connectivity index (χ2v) is 4.28. The predicted octanol–water partition coefficient (Wildman–Crippen LogP) is 3.48. The second kappa shape index (κ2) is 6.22. The van der Waals surface area contributed by atoms with Crippen molar-refractivity contribution in [2.24, 2.45) is 0 Å². The molecule has 0 aliphatic rings. The van der Waals surface area contributed by atoms with Crippen LogP contribution in [0.5, 0.6) is 0 Å². The molecule has 3 N–H and O–H groups in total. The van der Waals surface area contributed by atoms with Gasteiger partial charge in [-0.25, -0.2) is 4.79 Å². The minimum Gasteiger partial charge on any atom is -0.392 e. The number of para-hydroxylation sites is 2. The van der Waals surface area contributed by atoms with E-state index in [1.807, 2.05) is 0 Å². The second-order valence-electron chi connectivity index (χ2n) is 3.87. The number of hydrogen-bond acceptors (Lipinski definition) is 2. The van der Waals surface area contributed by atoms with Crippen LogP contribution in [0.2, 0.25) is 5.02 Å². The molecule has 0 saturated carbocycles. The van der Waals surface area contributed by atoms with E-state index in [2.05, 4.69) is 10.6 Å². The summed E-state index contributed by atoms with van der Waals surface area (Å²) in [6.45, 7) is -0.136. The molecule has 2 amide bonds. The minimum atomic E-state index is -0.408. The molecule has 5 heteroatoms. The summed E-state index contributed by atoms with van der Waals surface area (Å²) < 4.78 is 0. The Labute approximate surface area is 116 Å². The third kappa shape index (κ3) is 3.47. The van der Waals surface area contributed by atoms with Crippen LogP contribution in [0.15, 0.2) is 48.5 Å². The number of anilines is 2. The number of amides is 2. The topological polar surface area (TPSA) is 61.4 Å². The smallest absolute Gasteiger partial charge is 0.323 e. The Bertz CT molecular complexity index is 587. The van der Waals surface area contributed by atoms with Gasteiger partial charge >= 0.3 is 6.03 Å². The first-order chi connectivity index (χ1) is 9.20. The average molecular weight is 277 g/mol. The summed E-state index contributed by atoms with van der Waals surface area (Å²) in [7, 11) is 0. The average Bonchev–Trinajstić information content (AvgIpc) is 2.42. The van der Waals surface area contributed by atoms with Gasteiger partial charge in [0.25, 0.3) is 0 Å². The van der Waals surface area contributed by atoms with Gasteiger partial charge in [0.2, 0.25) is 0 Å². The highest BCUT2D eigenvalue weighted by Gasteiger charge is 2.07. The van der Waals surface area contributed by atoms with Gasteiger partial charge in [0.15, 0.2) is 0 Å². The molecule has 0 heterocycles. The van der Waals surface area contributed by atoms with Gasteiger partial charge in [0.05, 0.1) is 17.3 Å². The Morgan fingerprint density at radius 2 is 1.58 bits per heavy atom. The van der Waals surface area contributed by atoms with Crippen molar-refractivity contribution in [3.63, 3.8) is 0 Å². The molecule has 2 rings (SSSR count). The molecule has 2 aromatic carbocycles. The lowest BCUT2D eigenvalue weighted by molar-refractivity contribution is 0.262. The van der Waals surface area contributed by atoms with Gasteiger partial charge in [-0.3, -0.25) is 0 Å². The number of halogens is 1. The Morgan fingerprint density at radius 1 is 1.00 bits per heavy atom. The molecular weight excluding hydrogens is 264 g/mol. The van der Waals surface area contributed by atoms with Crippen molar-refractivity contribution in [2.75, 3.05) is 10.6 Å². The van der Waals surface area contributed by atoms with Crippen LogP contribution >= 0.6 is 11.6 Å². The largest absolute Gasteiger partial charge is 0.392 e. The number of nitrogens with one attached hydrogen (secondary N) is 2. The lowest BCUT2D eigenvalue weighted by Gasteiger charge is -2.11. The number of benzene rings is 2. The van der Waals surface area contributed by atoms with Crippen LogP contribution in [0, 0.1) is 0 Å². The maximum Gasteiger partial charge on any atom is 0.323 e. The van der Waals surface area contributed by atoms with Crippen LogP contribution < -0.4 is 10.6 Å². The van der Waals surface area contributed by atoms with Gasteiger partial charge in [0, 0.05) is 11.3 Å². The van der Waals surface area contributed by atoms with Gasteiger partial charge in [-0.05, 0) is 18.2 Å².